The number of nitrogens with two attached hydrogens (primary N) is 1. The van der Waals surface area contributed by atoms with Gasteiger partial charge in [0.2, 0.25) is 5.78 Å². The number of ketones is 1. The Hall–Kier alpha value is -2.45. The summed E-state index contributed by atoms with van der Waals surface area (Å²) >= 11 is 7.37. The van der Waals surface area contributed by atoms with Gasteiger partial charge in [-0.3, -0.25) is 8.98 Å². The molecule has 13 heteroatoms. The van der Waals surface area contributed by atoms with Crippen molar-refractivity contribution in [2.45, 2.75) is 38.0 Å². The van der Waals surface area contributed by atoms with Crippen LogP contribution in [0, 0.1) is 5.92 Å². The molecule has 3 atom stereocenters. The lowest BCUT2D eigenvalue weighted by atomic mass is 10.1. The van der Waals surface area contributed by atoms with E-state index < -0.39 is 22.3 Å². The minimum Gasteiger partial charge on any atom is -0.393 e. The van der Waals surface area contributed by atoms with Gasteiger partial charge < -0.3 is 15.5 Å². The molecule has 1 aromatic carbocycles. The largest absolute Gasteiger partial charge is 0.393 e. The van der Waals surface area contributed by atoms with Crippen LogP contribution in [0.4, 0.5) is 5.82 Å². The van der Waals surface area contributed by atoms with Crippen molar-refractivity contribution in [3.8, 4) is 0 Å². The summed E-state index contributed by atoms with van der Waals surface area (Å²) in [6.45, 7) is -0.444. The van der Waals surface area contributed by atoms with Gasteiger partial charge in [-0.15, -0.1) is 11.3 Å². The highest BCUT2D eigenvalue weighted by molar-refractivity contribution is 7.84. The van der Waals surface area contributed by atoms with Crippen molar-refractivity contribution in [1.82, 2.24) is 9.97 Å². The number of nitrogens with zero attached hydrogens (tertiary/aromatic N) is 2. The van der Waals surface area contributed by atoms with E-state index in [2.05, 4.69) is 19.5 Å². The van der Waals surface area contributed by atoms with E-state index in [9.17, 15) is 23.4 Å². The maximum Gasteiger partial charge on any atom is 0.333 e. The Morgan fingerprint density at radius 1 is 1.31 bits per heavy atom. The number of aromatic nitrogens is 2. The topological polar surface area (TPSA) is 165 Å². The van der Waals surface area contributed by atoms with Gasteiger partial charge in [0, 0.05) is 34.5 Å². The Morgan fingerprint density at radius 2 is 2.11 bits per heavy atom. The van der Waals surface area contributed by atoms with Crippen molar-refractivity contribution in [3.63, 3.8) is 0 Å². The number of anilines is 1. The van der Waals surface area contributed by atoms with Gasteiger partial charge in [-0.25, -0.2) is 15.1 Å². The van der Waals surface area contributed by atoms with Gasteiger partial charge in [-0.1, -0.05) is 23.7 Å². The number of carbonyl (C=O) groups is 1. The summed E-state index contributed by atoms with van der Waals surface area (Å²) in [6.07, 6.45) is 3.15. The van der Waals surface area contributed by atoms with E-state index in [1.165, 1.54) is 23.9 Å². The highest BCUT2D eigenvalue weighted by Crippen LogP contribution is 2.32. The van der Waals surface area contributed by atoms with E-state index in [1.807, 2.05) is 18.2 Å². The monoisotopic (exact) mass is 552 g/mol. The van der Waals surface area contributed by atoms with Gasteiger partial charge in [0.25, 0.3) is 0 Å². The number of hydrogen-bond acceptors (Lipinski definition) is 10. The number of aliphatic hydroxyl groups is 2. The highest BCUT2D eigenvalue weighted by atomic mass is 35.5. The van der Waals surface area contributed by atoms with Crippen molar-refractivity contribution >= 4 is 44.8 Å². The molecular formula is C23H25ClN4O6S2. The van der Waals surface area contributed by atoms with Gasteiger partial charge in [-0.2, -0.15) is 8.42 Å². The maximum atomic E-state index is 13.4. The molecule has 0 spiro atoms. The van der Waals surface area contributed by atoms with Gasteiger partial charge in [-0.05, 0) is 42.2 Å². The van der Waals surface area contributed by atoms with Crippen LogP contribution in [-0.4, -0.2) is 53.1 Å². The number of rotatable bonds is 10. The number of halogens is 1. The number of hydrogen-bond donors (Lipinski definition) is 4. The molecule has 3 aromatic rings. The molecule has 3 unspecified atom stereocenters. The van der Waals surface area contributed by atoms with Gasteiger partial charge >= 0.3 is 10.3 Å². The molecule has 1 fully saturated rings. The SMILES string of the molecule is NS(=O)(=O)OCC1CC(Nc2ncncc2C(=O)c2cc(CO)c(Cc3cccc(Cl)c3)s2)CC1O. The molecule has 1 saturated carbocycles. The van der Waals surface area contributed by atoms with Crippen LogP contribution in [0.3, 0.4) is 0 Å². The van der Waals surface area contributed by atoms with E-state index in [0.29, 0.717) is 40.5 Å². The first-order valence-electron chi connectivity index (χ1n) is 11.1. The summed E-state index contributed by atoms with van der Waals surface area (Å²) in [5.41, 5.74) is 1.87. The Kier molecular flexibility index (Phi) is 8.35. The van der Waals surface area contributed by atoms with Crippen LogP contribution in [0.25, 0.3) is 0 Å². The van der Waals surface area contributed by atoms with Crippen LogP contribution >= 0.6 is 22.9 Å². The quantitative estimate of drug-likeness (QED) is 0.276. The smallest absolute Gasteiger partial charge is 0.333 e. The number of benzene rings is 1. The Labute approximate surface area is 217 Å². The second-order valence-corrected chi connectivity index (χ2v) is 11.3. The van der Waals surface area contributed by atoms with E-state index in [-0.39, 0.29) is 30.6 Å². The van der Waals surface area contributed by atoms with E-state index >= 15 is 0 Å². The summed E-state index contributed by atoms with van der Waals surface area (Å²) in [7, 11) is -4.11. The molecule has 2 heterocycles. The lowest BCUT2D eigenvalue weighted by Gasteiger charge is -2.15. The predicted octanol–water partition coefficient (Wildman–Crippen LogP) is 2.28. The molecule has 36 heavy (non-hydrogen) atoms. The molecule has 0 aliphatic heterocycles. The number of thiophene rings is 1. The highest BCUT2D eigenvalue weighted by Gasteiger charge is 2.35. The standard InChI is InChI=1S/C23H25ClN4O6S2/c24-16-3-1-2-13(4-16)5-20-14(10-29)7-21(35-20)22(31)18-9-26-12-27-23(18)28-17-6-15(19(30)8-17)11-34-36(25,32)33/h1-4,7,9,12,15,17,19,29-30H,5-6,8,10-11H2,(H2,25,32,33)(H,26,27,28). The van der Waals surface area contributed by atoms with Crippen molar-refractivity contribution in [3.05, 3.63) is 74.3 Å². The van der Waals surface area contributed by atoms with Gasteiger partial charge in [0.1, 0.15) is 12.1 Å². The summed E-state index contributed by atoms with van der Waals surface area (Å²) in [5, 5.41) is 28.8. The average Bonchev–Trinajstić information content (AvgIpc) is 3.39. The van der Waals surface area contributed by atoms with Gasteiger partial charge in [0.15, 0.2) is 0 Å². The fraction of sp³-hybridized carbons (Fsp3) is 0.348. The van der Waals surface area contributed by atoms with Crippen LogP contribution in [-0.2, 0) is 27.5 Å². The first-order chi connectivity index (χ1) is 17.1. The van der Waals surface area contributed by atoms with Crippen LogP contribution < -0.4 is 10.5 Å². The van der Waals surface area contributed by atoms with Crippen molar-refractivity contribution in [2.24, 2.45) is 11.1 Å². The third-order valence-corrected chi connectivity index (χ3v) is 7.82. The second kappa shape index (κ2) is 11.3. The van der Waals surface area contributed by atoms with Crippen LogP contribution in [0.5, 0.6) is 0 Å². The molecule has 0 saturated heterocycles. The fourth-order valence-electron chi connectivity index (χ4n) is 4.21. The Morgan fingerprint density at radius 3 is 2.83 bits per heavy atom. The van der Waals surface area contributed by atoms with E-state index in [4.69, 9.17) is 16.7 Å². The molecule has 1 aliphatic rings. The number of carbonyl (C=O) groups excluding carboxylic acids is 1. The molecule has 5 N–H and O–H groups in total. The van der Waals surface area contributed by atoms with Crippen molar-refractivity contribution in [1.29, 1.82) is 0 Å². The maximum absolute atomic E-state index is 13.4. The minimum absolute atomic E-state index is 0.210. The fourth-order valence-corrected chi connectivity index (χ4v) is 5.95. The normalized spacial score (nSPS) is 19.9. The van der Waals surface area contributed by atoms with Crippen LogP contribution in [0.1, 0.15) is 44.1 Å². The van der Waals surface area contributed by atoms with Crippen molar-refractivity contribution < 1.29 is 27.6 Å². The zero-order valence-electron chi connectivity index (χ0n) is 19.0. The number of aliphatic hydroxyl groups excluding tert-OH is 2. The summed E-state index contributed by atoms with van der Waals surface area (Å²) in [4.78, 5) is 22.9. The molecule has 0 bridgehead atoms. The van der Waals surface area contributed by atoms with E-state index in [1.54, 1.807) is 12.1 Å². The molecule has 192 valence electrons. The molecular weight excluding hydrogens is 528 g/mol. The van der Waals surface area contributed by atoms with Crippen LogP contribution in [0.15, 0.2) is 42.9 Å². The first-order valence-corrected chi connectivity index (χ1v) is 13.7. The Balaban J connectivity index is 1.50. The van der Waals surface area contributed by atoms with Crippen molar-refractivity contribution in [2.75, 3.05) is 11.9 Å². The lowest BCUT2D eigenvalue weighted by molar-refractivity contribution is 0.101. The molecule has 1 aliphatic carbocycles. The first kappa shape index (κ1) is 26.6. The third-order valence-electron chi connectivity index (χ3n) is 5.95. The predicted molar refractivity (Wildman–Crippen MR) is 135 cm³/mol. The summed E-state index contributed by atoms with van der Waals surface area (Å²) in [6, 6.07) is 8.80. The minimum atomic E-state index is -4.11. The molecule has 2 aromatic heterocycles. The third kappa shape index (κ3) is 6.65. The number of nitrogens with one attached hydrogen (secondary N) is 1. The summed E-state index contributed by atoms with van der Waals surface area (Å²) in [5.74, 6) is -0.446. The van der Waals surface area contributed by atoms with E-state index in [0.717, 1.165) is 10.4 Å². The second-order valence-electron chi connectivity index (χ2n) is 8.56. The molecule has 10 nitrogen and oxygen atoms in total. The molecule has 4 rings (SSSR count). The zero-order valence-corrected chi connectivity index (χ0v) is 21.4. The summed E-state index contributed by atoms with van der Waals surface area (Å²) < 4.78 is 26.8. The zero-order chi connectivity index (χ0) is 25.9. The molecule has 0 amide bonds. The average molecular weight is 553 g/mol. The molecule has 0 radical (unpaired) electrons. The van der Waals surface area contributed by atoms with Crippen LogP contribution in [0.2, 0.25) is 5.02 Å². The lowest BCUT2D eigenvalue weighted by Crippen LogP contribution is -2.24. The van der Waals surface area contributed by atoms with Gasteiger partial charge in [0.05, 0.1) is 29.8 Å². The Bertz CT molecular complexity index is 1350.